The quantitative estimate of drug-likeness (QED) is 0.742. The molecule has 10 heteroatoms. The molecule has 4 atom stereocenters. The van der Waals surface area contributed by atoms with Crippen LogP contribution < -0.4 is 5.32 Å². The second-order valence-electron chi connectivity index (χ2n) is 9.48. The number of hydrogen-bond acceptors (Lipinski definition) is 6. The van der Waals surface area contributed by atoms with Gasteiger partial charge in [-0.2, -0.15) is 17.0 Å². The number of hydrogen-bond donors (Lipinski definition) is 1. The Balaban J connectivity index is 1.24. The smallest absolute Gasteiger partial charge is 0.282 e. The Kier molecular flexibility index (Phi) is 5.16. The Morgan fingerprint density at radius 2 is 1.87 bits per heavy atom. The zero-order valence-corrected chi connectivity index (χ0v) is 18.5. The summed E-state index contributed by atoms with van der Waals surface area (Å²) in [4.78, 5) is 14.8. The van der Waals surface area contributed by atoms with Crippen molar-refractivity contribution in [1.82, 2.24) is 24.0 Å². The van der Waals surface area contributed by atoms with Gasteiger partial charge in [0.2, 0.25) is 0 Å². The molecule has 1 N–H and O–H groups in total. The van der Waals surface area contributed by atoms with E-state index in [1.165, 1.54) is 0 Å². The third kappa shape index (κ3) is 3.68. The van der Waals surface area contributed by atoms with Gasteiger partial charge in [0.15, 0.2) is 5.69 Å². The number of nitrogens with one attached hydrogen (secondary N) is 1. The molecule has 1 saturated carbocycles. The standard InChI is InChI=1S/C20H31N5O4S/c1-13-12-23(2)7-8-24(13)30(27,28)25-16-5-6-17(25)10-15(9-16)21-20(26)18-11-19(29-22-18)14-3-4-14/h11,13-17H,3-10,12H2,1-2H3,(H,21,26)/t13?,15-,16+,17-. The molecule has 3 aliphatic heterocycles. The van der Waals surface area contributed by atoms with E-state index in [9.17, 15) is 13.2 Å². The van der Waals surface area contributed by atoms with Crippen LogP contribution in [-0.4, -0.2) is 83.8 Å². The lowest BCUT2D eigenvalue weighted by molar-refractivity contribution is 0.0894. The van der Waals surface area contributed by atoms with Crippen molar-refractivity contribution >= 4 is 16.1 Å². The summed E-state index contributed by atoms with van der Waals surface area (Å²) in [6.07, 6.45) is 5.20. The van der Waals surface area contributed by atoms with Crippen molar-refractivity contribution in [3.05, 3.63) is 17.5 Å². The number of piperidine rings is 1. The molecule has 9 nitrogen and oxygen atoms in total. The van der Waals surface area contributed by atoms with Gasteiger partial charge in [-0.1, -0.05) is 5.16 Å². The lowest BCUT2D eigenvalue weighted by Gasteiger charge is -2.44. The minimum atomic E-state index is -3.50. The molecule has 1 aromatic rings. The monoisotopic (exact) mass is 437 g/mol. The van der Waals surface area contributed by atoms with Crippen molar-refractivity contribution in [1.29, 1.82) is 0 Å². The van der Waals surface area contributed by atoms with Gasteiger partial charge in [-0.15, -0.1) is 0 Å². The number of carbonyl (C=O) groups excluding carboxylic acids is 1. The maximum atomic E-state index is 13.5. The van der Waals surface area contributed by atoms with Crippen molar-refractivity contribution in [2.75, 3.05) is 26.7 Å². The third-order valence-electron chi connectivity index (χ3n) is 7.07. The number of likely N-dealkylation sites (N-methyl/N-ethyl adjacent to an activating group) is 1. The molecule has 4 heterocycles. The number of piperazine rings is 1. The third-order valence-corrected chi connectivity index (χ3v) is 9.34. The summed E-state index contributed by atoms with van der Waals surface area (Å²) in [6, 6.07) is 1.58. The molecule has 2 bridgehead atoms. The van der Waals surface area contributed by atoms with Gasteiger partial charge < -0.3 is 14.7 Å². The van der Waals surface area contributed by atoms with Crippen LogP contribution in [-0.2, 0) is 10.2 Å². The van der Waals surface area contributed by atoms with E-state index in [2.05, 4.69) is 15.4 Å². The van der Waals surface area contributed by atoms with E-state index < -0.39 is 10.2 Å². The lowest BCUT2D eigenvalue weighted by atomic mass is 9.99. The van der Waals surface area contributed by atoms with E-state index in [1.54, 1.807) is 14.7 Å². The zero-order valence-electron chi connectivity index (χ0n) is 17.7. The fourth-order valence-corrected chi connectivity index (χ4v) is 7.64. The van der Waals surface area contributed by atoms with Gasteiger partial charge in [0.1, 0.15) is 5.76 Å². The molecule has 166 valence electrons. The molecule has 3 saturated heterocycles. The van der Waals surface area contributed by atoms with Crippen molar-refractivity contribution in [3.63, 3.8) is 0 Å². The minimum Gasteiger partial charge on any atom is -0.360 e. The first-order valence-electron chi connectivity index (χ1n) is 11.1. The number of carbonyl (C=O) groups is 1. The average Bonchev–Trinajstić information content (AvgIpc) is 3.33. The Bertz CT molecular complexity index is 900. The first-order valence-corrected chi connectivity index (χ1v) is 12.5. The van der Waals surface area contributed by atoms with Crippen LogP contribution in [0.5, 0.6) is 0 Å². The van der Waals surface area contributed by atoms with Gasteiger partial charge in [0, 0.05) is 55.8 Å². The Morgan fingerprint density at radius 3 is 2.50 bits per heavy atom. The van der Waals surface area contributed by atoms with E-state index >= 15 is 0 Å². The molecule has 0 spiro atoms. The van der Waals surface area contributed by atoms with Gasteiger partial charge in [-0.3, -0.25) is 4.79 Å². The van der Waals surface area contributed by atoms with Crippen molar-refractivity contribution in [2.45, 2.75) is 75.5 Å². The second-order valence-corrected chi connectivity index (χ2v) is 11.3. The molecule has 1 aliphatic carbocycles. The first kappa shape index (κ1) is 20.4. The summed E-state index contributed by atoms with van der Waals surface area (Å²) in [5, 5.41) is 6.99. The lowest BCUT2D eigenvalue weighted by Crippen LogP contribution is -2.61. The molecule has 5 rings (SSSR count). The van der Waals surface area contributed by atoms with E-state index in [0.29, 0.717) is 31.0 Å². The fraction of sp³-hybridized carbons (Fsp3) is 0.800. The summed E-state index contributed by atoms with van der Waals surface area (Å²) >= 11 is 0. The Morgan fingerprint density at radius 1 is 1.17 bits per heavy atom. The van der Waals surface area contributed by atoms with Crippen LogP contribution in [0.25, 0.3) is 0 Å². The Labute approximate surface area is 177 Å². The predicted molar refractivity (Wildman–Crippen MR) is 110 cm³/mol. The number of aromatic nitrogens is 1. The molecule has 0 radical (unpaired) electrons. The molecular formula is C20H31N5O4S. The largest absolute Gasteiger partial charge is 0.360 e. The molecule has 1 amide bonds. The van der Waals surface area contributed by atoms with Crippen LogP contribution in [0.2, 0.25) is 0 Å². The van der Waals surface area contributed by atoms with Gasteiger partial charge in [-0.25, -0.2) is 0 Å². The van der Waals surface area contributed by atoms with E-state index in [4.69, 9.17) is 4.52 Å². The summed E-state index contributed by atoms with van der Waals surface area (Å²) < 4.78 is 35.6. The minimum absolute atomic E-state index is 0.0293. The summed E-state index contributed by atoms with van der Waals surface area (Å²) in [5.74, 6) is 0.988. The maximum Gasteiger partial charge on any atom is 0.282 e. The van der Waals surface area contributed by atoms with Crippen LogP contribution in [0.3, 0.4) is 0 Å². The van der Waals surface area contributed by atoms with Crippen molar-refractivity contribution in [3.8, 4) is 0 Å². The zero-order chi connectivity index (χ0) is 21.0. The second kappa shape index (κ2) is 7.58. The van der Waals surface area contributed by atoms with Crippen LogP contribution >= 0.6 is 0 Å². The van der Waals surface area contributed by atoms with Crippen molar-refractivity contribution in [2.24, 2.45) is 0 Å². The molecule has 4 aliphatic rings. The maximum absolute atomic E-state index is 13.5. The van der Waals surface area contributed by atoms with Crippen LogP contribution in [0, 0.1) is 0 Å². The molecular weight excluding hydrogens is 406 g/mol. The first-order chi connectivity index (χ1) is 14.3. The normalized spacial score (nSPS) is 33.7. The fourth-order valence-electron chi connectivity index (χ4n) is 5.43. The number of amides is 1. The highest BCUT2D eigenvalue weighted by atomic mass is 32.2. The van der Waals surface area contributed by atoms with Crippen molar-refractivity contribution < 1.29 is 17.7 Å². The van der Waals surface area contributed by atoms with Gasteiger partial charge >= 0.3 is 0 Å². The van der Waals surface area contributed by atoms with E-state index in [1.807, 2.05) is 14.0 Å². The summed E-state index contributed by atoms with van der Waals surface area (Å²) in [6.45, 7) is 4.02. The molecule has 30 heavy (non-hydrogen) atoms. The van der Waals surface area contributed by atoms with Gasteiger partial charge in [-0.05, 0) is 52.5 Å². The van der Waals surface area contributed by atoms with Gasteiger partial charge in [0.05, 0.1) is 0 Å². The van der Waals surface area contributed by atoms with Crippen LogP contribution in [0.1, 0.15) is 67.6 Å². The van der Waals surface area contributed by atoms with E-state index in [0.717, 1.165) is 44.5 Å². The summed E-state index contributed by atoms with van der Waals surface area (Å²) in [7, 11) is -1.47. The van der Waals surface area contributed by atoms with Crippen LogP contribution in [0.15, 0.2) is 10.6 Å². The summed E-state index contributed by atoms with van der Waals surface area (Å²) in [5.41, 5.74) is 0.325. The molecule has 4 fully saturated rings. The highest BCUT2D eigenvalue weighted by molar-refractivity contribution is 7.86. The van der Waals surface area contributed by atoms with Gasteiger partial charge in [0.25, 0.3) is 16.1 Å². The molecule has 0 aromatic carbocycles. The highest BCUT2D eigenvalue weighted by Crippen LogP contribution is 2.41. The number of fused-ring (bicyclic) bond motifs is 2. The number of rotatable bonds is 5. The highest BCUT2D eigenvalue weighted by Gasteiger charge is 2.50. The molecule has 1 unspecified atom stereocenters. The number of nitrogens with zero attached hydrogens (tertiary/aromatic N) is 4. The average molecular weight is 438 g/mol. The SMILES string of the molecule is CC1CN(C)CCN1S(=O)(=O)N1[C@@H]2CC[C@H]1C[C@@H](NC(=O)c1cc(C3CC3)on1)C2. The molecule has 1 aromatic heterocycles. The topological polar surface area (TPSA) is 99.0 Å². The predicted octanol–water partition coefficient (Wildman–Crippen LogP) is 1.16. The Hall–Kier alpha value is -1.49. The van der Waals surface area contributed by atoms with Crippen LogP contribution in [0.4, 0.5) is 0 Å². The van der Waals surface area contributed by atoms with E-state index in [-0.39, 0.29) is 30.1 Å².